The van der Waals surface area contributed by atoms with Gasteiger partial charge in [0.1, 0.15) is 0 Å². The van der Waals surface area contributed by atoms with Crippen LogP contribution in [0.3, 0.4) is 0 Å². The monoisotopic (exact) mass is 287 g/mol. The summed E-state index contributed by atoms with van der Waals surface area (Å²) < 4.78 is 0. The van der Waals surface area contributed by atoms with E-state index < -0.39 is 0 Å². The molecule has 2 rings (SSSR count). The summed E-state index contributed by atoms with van der Waals surface area (Å²) in [6, 6.07) is 9.60. The van der Waals surface area contributed by atoms with E-state index in [1.165, 1.54) is 32.0 Å². The molecule has 1 heterocycles. The van der Waals surface area contributed by atoms with Gasteiger partial charge < -0.3 is 5.32 Å². The van der Waals surface area contributed by atoms with E-state index in [4.69, 9.17) is 0 Å². The number of aryl methyl sites for hydroxylation is 4. The molecule has 20 heavy (non-hydrogen) atoms. The van der Waals surface area contributed by atoms with Crippen molar-refractivity contribution in [3.8, 4) is 0 Å². The molecule has 2 aromatic rings. The summed E-state index contributed by atoms with van der Waals surface area (Å²) >= 11 is 1.93. The van der Waals surface area contributed by atoms with E-state index in [1.807, 2.05) is 11.3 Å². The van der Waals surface area contributed by atoms with Crippen LogP contribution in [-0.4, -0.2) is 6.54 Å². The van der Waals surface area contributed by atoms with Crippen molar-refractivity contribution >= 4 is 11.3 Å². The molecule has 0 aliphatic carbocycles. The van der Waals surface area contributed by atoms with Crippen LogP contribution in [0.5, 0.6) is 0 Å². The van der Waals surface area contributed by atoms with Crippen molar-refractivity contribution in [2.45, 2.75) is 47.1 Å². The van der Waals surface area contributed by atoms with Crippen molar-refractivity contribution < 1.29 is 0 Å². The summed E-state index contributed by atoms with van der Waals surface area (Å²) in [4.78, 5) is 2.89. The Morgan fingerprint density at radius 1 is 1.00 bits per heavy atom. The molecule has 0 saturated heterocycles. The minimum atomic E-state index is 0.430. The summed E-state index contributed by atoms with van der Waals surface area (Å²) in [6.07, 6.45) is 1.06. The largest absolute Gasteiger partial charge is 0.309 e. The molecule has 0 amide bonds. The van der Waals surface area contributed by atoms with Gasteiger partial charge in [-0.3, -0.25) is 0 Å². The molecule has 1 aromatic carbocycles. The van der Waals surface area contributed by atoms with Gasteiger partial charge in [-0.1, -0.05) is 25.1 Å². The number of rotatable bonds is 5. The molecule has 1 nitrogen and oxygen atoms in total. The topological polar surface area (TPSA) is 12.0 Å². The molecule has 1 unspecified atom stereocenters. The smallest absolute Gasteiger partial charge is 0.0455 e. The Morgan fingerprint density at radius 3 is 2.30 bits per heavy atom. The van der Waals surface area contributed by atoms with Gasteiger partial charge in [0.05, 0.1) is 0 Å². The van der Waals surface area contributed by atoms with Crippen LogP contribution in [0.25, 0.3) is 0 Å². The summed E-state index contributed by atoms with van der Waals surface area (Å²) in [5.74, 6) is 0. The minimum Gasteiger partial charge on any atom is -0.309 e. The number of nitrogens with one attached hydrogen (secondary N) is 1. The molecule has 1 aromatic heterocycles. The Balaban J connectivity index is 2.22. The molecule has 1 atom stereocenters. The van der Waals surface area contributed by atoms with Crippen molar-refractivity contribution in [2.75, 3.05) is 6.54 Å². The highest BCUT2D eigenvalue weighted by Crippen LogP contribution is 2.29. The molecule has 0 aliphatic heterocycles. The van der Waals surface area contributed by atoms with Crippen LogP contribution in [0, 0.1) is 27.7 Å². The lowest BCUT2D eigenvalue weighted by atomic mass is 10.00. The number of likely N-dealkylation sites (N-methyl/N-ethyl adjacent to an activating group) is 1. The fourth-order valence-electron chi connectivity index (χ4n) is 2.46. The Kier molecular flexibility index (Phi) is 5.00. The van der Waals surface area contributed by atoms with Crippen molar-refractivity contribution in [2.24, 2.45) is 0 Å². The van der Waals surface area contributed by atoms with Crippen molar-refractivity contribution in [3.05, 3.63) is 56.3 Å². The van der Waals surface area contributed by atoms with E-state index in [0.717, 1.165) is 13.0 Å². The first-order valence-corrected chi connectivity index (χ1v) is 8.19. The second-order valence-electron chi connectivity index (χ2n) is 5.62. The van der Waals surface area contributed by atoms with Crippen LogP contribution >= 0.6 is 11.3 Å². The molecule has 0 fully saturated rings. The third kappa shape index (κ3) is 3.50. The maximum atomic E-state index is 3.63. The van der Waals surface area contributed by atoms with Gasteiger partial charge in [0, 0.05) is 15.8 Å². The highest BCUT2D eigenvalue weighted by molar-refractivity contribution is 7.12. The standard InChI is InChI=1S/C18H25NS/c1-6-19-17(18-10-14(4)15(5)20-18)11-16-8-7-12(2)13(3)9-16/h7-10,17,19H,6,11H2,1-5H3. The normalized spacial score (nSPS) is 12.7. The van der Waals surface area contributed by atoms with E-state index in [1.54, 1.807) is 0 Å². The molecule has 0 aliphatic rings. The molecule has 1 N–H and O–H groups in total. The van der Waals surface area contributed by atoms with E-state index in [9.17, 15) is 0 Å². The van der Waals surface area contributed by atoms with Gasteiger partial charge in [0.25, 0.3) is 0 Å². The Labute approximate surface area is 127 Å². The van der Waals surface area contributed by atoms with E-state index in [2.05, 4.69) is 64.2 Å². The van der Waals surface area contributed by atoms with Crippen molar-refractivity contribution in [3.63, 3.8) is 0 Å². The average molecular weight is 287 g/mol. The number of hydrogen-bond acceptors (Lipinski definition) is 2. The fourth-order valence-corrected chi connectivity index (χ4v) is 3.58. The predicted octanol–water partition coefficient (Wildman–Crippen LogP) is 4.88. The fraction of sp³-hybridized carbons (Fsp3) is 0.444. The lowest BCUT2D eigenvalue weighted by Gasteiger charge is -2.17. The van der Waals surface area contributed by atoms with Crippen LogP contribution in [0.2, 0.25) is 0 Å². The Hall–Kier alpha value is -1.12. The zero-order valence-corrected chi connectivity index (χ0v) is 14.0. The van der Waals surface area contributed by atoms with Crippen LogP contribution in [0.15, 0.2) is 24.3 Å². The first-order valence-electron chi connectivity index (χ1n) is 7.37. The van der Waals surface area contributed by atoms with E-state index >= 15 is 0 Å². The summed E-state index contributed by atoms with van der Waals surface area (Å²) in [6.45, 7) is 12.0. The third-order valence-electron chi connectivity index (χ3n) is 3.99. The second-order valence-corrected chi connectivity index (χ2v) is 6.91. The Morgan fingerprint density at radius 2 is 1.75 bits per heavy atom. The zero-order valence-electron chi connectivity index (χ0n) is 13.2. The first kappa shape index (κ1) is 15.3. The SMILES string of the molecule is CCNC(Cc1ccc(C)c(C)c1)c1cc(C)c(C)s1. The van der Waals surface area contributed by atoms with Gasteiger partial charge in [0.15, 0.2) is 0 Å². The molecule has 2 heteroatoms. The lowest BCUT2D eigenvalue weighted by Crippen LogP contribution is -2.22. The summed E-state index contributed by atoms with van der Waals surface area (Å²) in [5.41, 5.74) is 5.59. The van der Waals surface area contributed by atoms with E-state index in [0.29, 0.717) is 6.04 Å². The predicted molar refractivity (Wildman–Crippen MR) is 89.8 cm³/mol. The molecule has 0 bridgehead atoms. The van der Waals surface area contributed by atoms with Crippen LogP contribution in [0.1, 0.15) is 45.0 Å². The number of hydrogen-bond donors (Lipinski definition) is 1. The molecular weight excluding hydrogens is 262 g/mol. The maximum Gasteiger partial charge on any atom is 0.0455 e. The highest BCUT2D eigenvalue weighted by Gasteiger charge is 2.14. The first-order chi connectivity index (χ1) is 9.51. The number of thiophene rings is 1. The average Bonchev–Trinajstić information content (AvgIpc) is 2.73. The molecule has 0 radical (unpaired) electrons. The van der Waals surface area contributed by atoms with Gasteiger partial charge in [-0.05, 0) is 69.0 Å². The molecule has 0 spiro atoms. The Bertz CT molecular complexity index is 564. The summed E-state index contributed by atoms with van der Waals surface area (Å²) in [7, 11) is 0. The zero-order chi connectivity index (χ0) is 14.7. The third-order valence-corrected chi connectivity index (χ3v) is 5.26. The van der Waals surface area contributed by atoms with E-state index in [-0.39, 0.29) is 0 Å². The quantitative estimate of drug-likeness (QED) is 0.827. The second kappa shape index (κ2) is 6.55. The van der Waals surface area contributed by atoms with Gasteiger partial charge in [-0.15, -0.1) is 11.3 Å². The van der Waals surface area contributed by atoms with Gasteiger partial charge >= 0.3 is 0 Å². The van der Waals surface area contributed by atoms with Crippen LogP contribution < -0.4 is 5.32 Å². The van der Waals surface area contributed by atoms with Crippen LogP contribution in [0.4, 0.5) is 0 Å². The van der Waals surface area contributed by atoms with Crippen molar-refractivity contribution in [1.82, 2.24) is 5.32 Å². The molecule has 108 valence electrons. The molecule has 0 saturated carbocycles. The highest BCUT2D eigenvalue weighted by atomic mass is 32.1. The maximum absolute atomic E-state index is 3.63. The van der Waals surface area contributed by atoms with Crippen molar-refractivity contribution in [1.29, 1.82) is 0 Å². The van der Waals surface area contributed by atoms with Crippen LogP contribution in [-0.2, 0) is 6.42 Å². The number of benzene rings is 1. The van der Waals surface area contributed by atoms with Gasteiger partial charge in [-0.2, -0.15) is 0 Å². The summed E-state index contributed by atoms with van der Waals surface area (Å²) in [5, 5.41) is 3.63. The lowest BCUT2D eigenvalue weighted by molar-refractivity contribution is 0.558. The molecular formula is C18H25NS. The minimum absolute atomic E-state index is 0.430. The van der Waals surface area contributed by atoms with Gasteiger partial charge in [0.2, 0.25) is 0 Å². The van der Waals surface area contributed by atoms with Gasteiger partial charge in [-0.25, -0.2) is 0 Å².